The van der Waals surface area contributed by atoms with Crippen LogP contribution in [0.4, 0.5) is 16.2 Å². The molecule has 1 unspecified atom stereocenters. The molecule has 4 N–H and O–H groups in total. The Morgan fingerprint density at radius 1 is 1.30 bits per heavy atom. The lowest BCUT2D eigenvalue weighted by molar-refractivity contribution is 0.259. The molecule has 0 spiro atoms. The van der Waals surface area contributed by atoms with Gasteiger partial charge in [0, 0.05) is 17.9 Å². The van der Waals surface area contributed by atoms with Crippen molar-refractivity contribution in [3.8, 4) is 0 Å². The lowest BCUT2D eigenvalue weighted by Crippen LogP contribution is -2.19. The first-order chi connectivity index (χ1) is 9.56. The number of carbonyl (C=O) groups excluding carboxylic acids is 1. The number of amides is 2. The summed E-state index contributed by atoms with van der Waals surface area (Å²) in [6.45, 7) is 2.05. The van der Waals surface area contributed by atoms with Gasteiger partial charge in [-0.25, -0.2) is 9.78 Å². The fourth-order valence-corrected chi connectivity index (χ4v) is 2.17. The summed E-state index contributed by atoms with van der Waals surface area (Å²) in [6.07, 6.45) is 1.73. The number of nitrogens with one attached hydrogen (secondary N) is 2. The number of aromatic nitrogens is 1. The minimum atomic E-state index is -0.566. The first-order valence-electron chi connectivity index (χ1n) is 6.09. The molecule has 0 aliphatic heterocycles. The zero-order valence-corrected chi connectivity index (χ0v) is 12.5. The molecule has 0 aliphatic rings. The summed E-state index contributed by atoms with van der Waals surface area (Å²) in [5.74, 6) is 0. The van der Waals surface area contributed by atoms with E-state index in [0.29, 0.717) is 5.69 Å². The molecule has 1 aromatic heterocycles. The molecular formula is C14H15BrN4O. The summed E-state index contributed by atoms with van der Waals surface area (Å²) in [6, 6.07) is 10.9. The second-order valence-corrected chi connectivity index (χ2v) is 5.07. The number of benzene rings is 1. The highest BCUT2D eigenvalue weighted by molar-refractivity contribution is 9.10. The number of anilines is 2. The van der Waals surface area contributed by atoms with Crippen molar-refractivity contribution in [2.45, 2.75) is 13.0 Å². The van der Waals surface area contributed by atoms with Gasteiger partial charge < -0.3 is 16.4 Å². The van der Waals surface area contributed by atoms with Crippen molar-refractivity contribution in [2.24, 2.45) is 5.73 Å². The van der Waals surface area contributed by atoms with Crippen LogP contribution in [0.5, 0.6) is 0 Å². The summed E-state index contributed by atoms with van der Waals surface area (Å²) in [5.41, 5.74) is 7.77. The predicted molar refractivity (Wildman–Crippen MR) is 83.6 cm³/mol. The second-order valence-electron chi connectivity index (χ2n) is 4.32. The minimum Gasteiger partial charge on any atom is -0.376 e. The van der Waals surface area contributed by atoms with Crippen molar-refractivity contribution in [3.63, 3.8) is 0 Å². The molecule has 0 bridgehead atoms. The van der Waals surface area contributed by atoms with Gasteiger partial charge in [-0.1, -0.05) is 12.1 Å². The SMILES string of the molecule is CC(Nc1cccnc1Br)c1ccc(NC(N)=O)cc1. The number of carbonyl (C=O) groups is 1. The van der Waals surface area contributed by atoms with Crippen LogP contribution < -0.4 is 16.4 Å². The quantitative estimate of drug-likeness (QED) is 0.748. The van der Waals surface area contributed by atoms with Crippen molar-refractivity contribution in [1.82, 2.24) is 4.98 Å². The van der Waals surface area contributed by atoms with E-state index in [2.05, 4.69) is 38.5 Å². The third-order valence-electron chi connectivity index (χ3n) is 2.81. The van der Waals surface area contributed by atoms with Gasteiger partial charge in [-0.2, -0.15) is 0 Å². The molecule has 0 radical (unpaired) electrons. The minimum absolute atomic E-state index is 0.109. The fourth-order valence-electron chi connectivity index (χ4n) is 1.81. The van der Waals surface area contributed by atoms with Crippen molar-refractivity contribution in [1.29, 1.82) is 0 Å². The largest absolute Gasteiger partial charge is 0.376 e. The fraction of sp³-hybridized carbons (Fsp3) is 0.143. The van der Waals surface area contributed by atoms with E-state index in [0.717, 1.165) is 15.9 Å². The maximum atomic E-state index is 10.8. The van der Waals surface area contributed by atoms with Gasteiger partial charge in [0.2, 0.25) is 0 Å². The highest BCUT2D eigenvalue weighted by Crippen LogP contribution is 2.25. The zero-order valence-electron chi connectivity index (χ0n) is 10.9. The van der Waals surface area contributed by atoms with E-state index in [9.17, 15) is 4.79 Å². The van der Waals surface area contributed by atoms with Gasteiger partial charge in [-0.05, 0) is 52.7 Å². The molecule has 2 amide bonds. The number of rotatable bonds is 4. The van der Waals surface area contributed by atoms with Crippen LogP contribution in [-0.4, -0.2) is 11.0 Å². The molecule has 0 saturated carbocycles. The Morgan fingerprint density at radius 2 is 2.00 bits per heavy atom. The summed E-state index contributed by atoms with van der Waals surface area (Å²) in [5, 5.41) is 5.90. The number of primary amides is 1. The van der Waals surface area contributed by atoms with E-state index in [1.54, 1.807) is 6.20 Å². The lowest BCUT2D eigenvalue weighted by Gasteiger charge is -2.16. The van der Waals surface area contributed by atoms with Gasteiger partial charge in [-0.15, -0.1) is 0 Å². The van der Waals surface area contributed by atoms with Crippen molar-refractivity contribution in [3.05, 3.63) is 52.8 Å². The van der Waals surface area contributed by atoms with Crippen LogP contribution >= 0.6 is 15.9 Å². The number of pyridine rings is 1. The molecule has 20 heavy (non-hydrogen) atoms. The zero-order chi connectivity index (χ0) is 14.5. The Hall–Kier alpha value is -2.08. The van der Waals surface area contributed by atoms with E-state index >= 15 is 0 Å². The maximum Gasteiger partial charge on any atom is 0.316 e. The van der Waals surface area contributed by atoms with Crippen molar-refractivity contribution < 1.29 is 4.79 Å². The summed E-state index contributed by atoms with van der Waals surface area (Å²) in [7, 11) is 0. The van der Waals surface area contributed by atoms with Gasteiger partial charge in [0.25, 0.3) is 0 Å². The van der Waals surface area contributed by atoms with E-state index in [4.69, 9.17) is 5.73 Å². The first kappa shape index (κ1) is 14.3. The van der Waals surface area contributed by atoms with Crippen LogP contribution in [0.15, 0.2) is 47.2 Å². The molecule has 0 aliphatic carbocycles. The third kappa shape index (κ3) is 3.71. The van der Waals surface area contributed by atoms with Gasteiger partial charge in [0.05, 0.1) is 5.69 Å². The predicted octanol–water partition coefficient (Wildman–Crippen LogP) is 3.51. The van der Waals surface area contributed by atoms with Crippen molar-refractivity contribution in [2.75, 3.05) is 10.6 Å². The Labute approximate surface area is 125 Å². The lowest BCUT2D eigenvalue weighted by atomic mass is 10.1. The van der Waals surface area contributed by atoms with Crippen LogP contribution in [0.2, 0.25) is 0 Å². The average molecular weight is 335 g/mol. The molecule has 6 heteroatoms. The molecular weight excluding hydrogens is 320 g/mol. The Morgan fingerprint density at radius 3 is 2.60 bits per heavy atom. The second kappa shape index (κ2) is 6.38. The van der Waals surface area contributed by atoms with E-state index in [1.807, 2.05) is 36.4 Å². The van der Waals surface area contributed by atoms with Crippen LogP contribution in [0.25, 0.3) is 0 Å². The van der Waals surface area contributed by atoms with E-state index < -0.39 is 6.03 Å². The molecule has 1 atom stereocenters. The normalized spacial score (nSPS) is 11.7. The summed E-state index contributed by atoms with van der Waals surface area (Å²) >= 11 is 3.40. The molecule has 5 nitrogen and oxygen atoms in total. The first-order valence-corrected chi connectivity index (χ1v) is 6.89. The summed E-state index contributed by atoms with van der Waals surface area (Å²) < 4.78 is 0.777. The summed E-state index contributed by atoms with van der Waals surface area (Å²) in [4.78, 5) is 14.9. The van der Waals surface area contributed by atoms with Gasteiger partial charge in [-0.3, -0.25) is 0 Å². The number of halogens is 1. The number of nitrogens with zero attached hydrogens (tertiary/aromatic N) is 1. The standard InChI is InChI=1S/C14H15BrN4O/c1-9(18-12-3-2-8-17-13(12)15)10-4-6-11(7-5-10)19-14(16)20/h2-9,18H,1H3,(H3,16,19,20). The molecule has 1 heterocycles. The highest BCUT2D eigenvalue weighted by atomic mass is 79.9. The van der Waals surface area contributed by atoms with Crippen LogP contribution in [-0.2, 0) is 0 Å². The molecule has 0 fully saturated rings. The van der Waals surface area contributed by atoms with E-state index in [-0.39, 0.29) is 6.04 Å². The van der Waals surface area contributed by atoms with Gasteiger partial charge in [0.1, 0.15) is 4.60 Å². The topological polar surface area (TPSA) is 80.0 Å². The van der Waals surface area contributed by atoms with Crippen molar-refractivity contribution >= 4 is 33.3 Å². The maximum absolute atomic E-state index is 10.8. The average Bonchev–Trinajstić information content (AvgIpc) is 2.41. The highest BCUT2D eigenvalue weighted by Gasteiger charge is 2.08. The third-order valence-corrected chi connectivity index (χ3v) is 3.44. The number of hydrogen-bond acceptors (Lipinski definition) is 3. The van der Waals surface area contributed by atoms with Gasteiger partial charge >= 0.3 is 6.03 Å². The number of nitrogens with two attached hydrogens (primary N) is 1. The number of hydrogen-bond donors (Lipinski definition) is 3. The molecule has 1 aromatic carbocycles. The Bertz CT molecular complexity index is 600. The molecule has 0 saturated heterocycles. The molecule has 2 aromatic rings. The molecule has 2 rings (SSSR count). The van der Waals surface area contributed by atoms with Crippen LogP contribution in [0.1, 0.15) is 18.5 Å². The number of urea groups is 1. The molecule has 104 valence electrons. The Kier molecular flexibility index (Phi) is 4.57. The van der Waals surface area contributed by atoms with Gasteiger partial charge in [0.15, 0.2) is 0 Å². The monoisotopic (exact) mass is 334 g/mol. The Balaban J connectivity index is 2.08. The smallest absolute Gasteiger partial charge is 0.316 e. The van der Waals surface area contributed by atoms with Crippen LogP contribution in [0.3, 0.4) is 0 Å². The van der Waals surface area contributed by atoms with Crippen LogP contribution in [0, 0.1) is 0 Å². The van der Waals surface area contributed by atoms with E-state index in [1.165, 1.54) is 0 Å².